The monoisotopic (exact) mass is 610 g/mol. The number of para-hydroxylation sites is 2. The standard InChI is InChI=1S/C31H39N3.3ClH.Cr/c1-22(33-28-18-11-9-16-26(28)30(3,4)5)25(21-24-15-13-14-20-32-24)23(2)34-29-19-12-10-17-27(29)31(6,7)8;;;;/h9-20,25H,21H2,1-8H3;3*1H;/q;;;;+3/p-3. The van der Waals surface area contributed by atoms with Crippen molar-refractivity contribution in [1.29, 1.82) is 0 Å². The van der Waals surface area contributed by atoms with Gasteiger partial charge in [-0.05, 0) is 60.1 Å². The Labute approximate surface area is 246 Å². The van der Waals surface area contributed by atoms with Gasteiger partial charge in [0, 0.05) is 35.7 Å². The summed E-state index contributed by atoms with van der Waals surface area (Å²) in [4.78, 5) is 14.9. The molecule has 0 aliphatic carbocycles. The van der Waals surface area contributed by atoms with E-state index in [0.29, 0.717) is 0 Å². The van der Waals surface area contributed by atoms with Crippen molar-refractivity contribution in [3.05, 3.63) is 89.7 Å². The van der Waals surface area contributed by atoms with Gasteiger partial charge in [-0.25, -0.2) is 0 Å². The molecule has 0 N–H and O–H groups in total. The molecule has 0 spiro atoms. The van der Waals surface area contributed by atoms with Crippen molar-refractivity contribution < 1.29 is 11.4 Å². The molecular weight excluding hydrogens is 573 g/mol. The first-order valence-corrected chi connectivity index (χ1v) is 17.9. The summed E-state index contributed by atoms with van der Waals surface area (Å²) in [5, 5.41) is 0. The maximum absolute atomic E-state index is 5.16. The Morgan fingerprint density at radius 2 is 1.11 bits per heavy atom. The summed E-state index contributed by atoms with van der Waals surface area (Å²) in [6.07, 6.45) is 2.62. The van der Waals surface area contributed by atoms with Gasteiger partial charge in [0.1, 0.15) is 0 Å². The van der Waals surface area contributed by atoms with Gasteiger partial charge in [-0.3, -0.25) is 15.0 Å². The Bertz CT molecular complexity index is 1150. The number of benzene rings is 2. The molecule has 1 heterocycles. The van der Waals surface area contributed by atoms with Crippen LogP contribution in [0.2, 0.25) is 0 Å². The van der Waals surface area contributed by atoms with Crippen molar-refractivity contribution >= 4 is 52.9 Å². The first kappa shape index (κ1) is 32.5. The number of pyridine rings is 1. The molecule has 0 atom stereocenters. The van der Waals surface area contributed by atoms with Crippen LogP contribution in [0, 0.1) is 5.92 Å². The van der Waals surface area contributed by atoms with Crippen LogP contribution < -0.4 is 0 Å². The van der Waals surface area contributed by atoms with Crippen molar-refractivity contribution in [2.24, 2.45) is 15.9 Å². The molecule has 0 amide bonds. The fourth-order valence-corrected chi connectivity index (χ4v) is 4.27. The van der Waals surface area contributed by atoms with Crippen molar-refractivity contribution in [1.82, 2.24) is 4.98 Å². The molecular formula is C31H39Cl3CrN3. The molecule has 0 saturated heterocycles. The zero-order valence-corrected chi connectivity index (χ0v) is 27.1. The van der Waals surface area contributed by atoms with Crippen LogP contribution in [0.3, 0.4) is 0 Å². The van der Waals surface area contributed by atoms with E-state index < -0.39 is 11.4 Å². The summed E-state index contributed by atoms with van der Waals surface area (Å²) < 4.78 is 0. The third-order valence-corrected chi connectivity index (χ3v) is 6.17. The summed E-state index contributed by atoms with van der Waals surface area (Å²) in [6, 6.07) is 23.0. The summed E-state index contributed by atoms with van der Waals surface area (Å²) in [5.41, 5.74) is 7.75. The number of rotatable bonds is 6. The van der Waals surface area contributed by atoms with Gasteiger partial charge in [0.15, 0.2) is 0 Å². The molecule has 0 aliphatic heterocycles. The normalized spacial score (nSPS) is 13.7. The summed E-state index contributed by atoms with van der Waals surface area (Å²) in [7, 11) is 14.8. The van der Waals surface area contributed by atoms with Gasteiger partial charge in [0.2, 0.25) is 0 Å². The van der Waals surface area contributed by atoms with E-state index in [4.69, 9.17) is 40.1 Å². The molecule has 205 valence electrons. The first-order valence-electron chi connectivity index (χ1n) is 12.6. The van der Waals surface area contributed by atoms with E-state index in [2.05, 4.69) is 115 Å². The number of nitrogens with zero attached hydrogens (tertiary/aromatic N) is 3. The molecule has 3 aromatic rings. The van der Waals surface area contributed by atoms with E-state index in [0.717, 1.165) is 34.9 Å². The molecule has 0 unspecified atom stereocenters. The van der Waals surface area contributed by atoms with Gasteiger partial charge >= 0.3 is 41.5 Å². The number of hydrogen-bond donors (Lipinski definition) is 0. The summed E-state index contributed by atoms with van der Waals surface area (Å²) >= 11 is -1.62. The van der Waals surface area contributed by atoms with E-state index in [9.17, 15) is 0 Å². The number of hydrogen-bond acceptors (Lipinski definition) is 3. The molecule has 0 radical (unpaired) electrons. The third kappa shape index (κ3) is 10.5. The predicted octanol–water partition coefficient (Wildman–Crippen LogP) is 10.5. The van der Waals surface area contributed by atoms with Crippen molar-refractivity contribution in [2.45, 2.75) is 72.6 Å². The van der Waals surface area contributed by atoms with E-state index in [1.807, 2.05) is 18.3 Å². The topological polar surface area (TPSA) is 37.6 Å². The van der Waals surface area contributed by atoms with E-state index in [-0.39, 0.29) is 16.7 Å². The number of aliphatic imine (C=N–C) groups is 2. The van der Waals surface area contributed by atoms with E-state index in [1.165, 1.54) is 11.1 Å². The molecule has 0 saturated carbocycles. The zero-order chi connectivity index (χ0) is 28.5. The molecule has 0 bridgehead atoms. The van der Waals surface area contributed by atoms with Crippen LogP contribution in [0.5, 0.6) is 0 Å². The zero-order valence-electron chi connectivity index (χ0n) is 23.6. The summed E-state index contributed by atoms with van der Waals surface area (Å²) in [6.45, 7) is 17.7. The van der Waals surface area contributed by atoms with Crippen LogP contribution in [0.25, 0.3) is 0 Å². The summed E-state index contributed by atoms with van der Waals surface area (Å²) in [5.74, 6) is 0.0518. The van der Waals surface area contributed by atoms with Crippen LogP contribution in [0.4, 0.5) is 11.4 Å². The molecule has 1 aromatic heterocycles. The Balaban J connectivity index is 0.00000118. The minimum absolute atomic E-state index is 0.0195. The molecule has 3 rings (SSSR count). The maximum atomic E-state index is 5.16. The quantitative estimate of drug-likeness (QED) is 0.256. The number of halogens is 3. The molecule has 38 heavy (non-hydrogen) atoms. The molecule has 7 heteroatoms. The number of aromatic nitrogens is 1. The predicted molar refractivity (Wildman–Crippen MR) is 165 cm³/mol. The van der Waals surface area contributed by atoms with Crippen LogP contribution in [-0.4, -0.2) is 16.4 Å². The van der Waals surface area contributed by atoms with Crippen LogP contribution in [-0.2, 0) is 28.6 Å². The van der Waals surface area contributed by atoms with E-state index >= 15 is 0 Å². The van der Waals surface area contributed by atoms with Crippen molar-refractivity contribution in [3.63, 3.8) is 0 Å². The Morgan fingerprint density at radius 1 is 0.711 bits per heavy atom. The van der Waals surface area contributed by atoms with Gasteiger partial charge in [-0.2, -0.15) is 0 Å². The van der Waals surface area contributed by atoms with Crippen molar-refractivity contribution in [2.75, 3.05) is 0 Å². The Kier molecular flexibility index (Phi) is 12.5. The second-order valence-electron chi connectivity index (χ2n) is 11.3. The molecule has 3 nitrogen and oxygen atoms in total. The minimum atomic E-state index is -1.62. The van der Waals surface area contributed by atoms with Gasteiger partial charge in [-0.15, -0.1) is 0 Å². The Hall–Kier alpha value is -1.67. The Morgan fingerprint density at radius 3 is 1.47 bits per heavy atom. The average molecular weight is 612 g/mol. The van der Waals surface area contributed by atoms with E-state index in [1.54, 1.807) is 0 Å². The van der Waals surface area contributed by atoms with Crippen LogP contribution >= 0.6 is 30.1 Å². The first-order chi connectivity index (χ1) is 17.7. The molecule has 0 aliphatic rings. The van der Waals surface area contributed by atoms with Crippen LogP contribution in [0.1, 0.15) is 72.2 Å². The van der Waals surface area contributed by atoms with Gasteiger partial charge < -0.3 is 0 Å². The molecule has 0 fully saturated rings. The van der Waals surface area contributed by atoms with Crippen molar-refractivity contribution in [3.8, 4) is 0 Å². The third-order valence-electron chi connectivity index (χ3n) is 6.17. The second-order valence-corrected chi connectivity index (χ2v) is 17.6. The van der Waals surface area contributed by atoms with Crippen LogP contribution in [0.15, 0.2) is 82.9 Å². The SMILES string of the molecule is CC(=Nc1ccccc1C(C)(C)C)C(Cc1ccccn1)C(C)=Nc1ccccc1C(C)(C)C.[Cl][Cr]([Cl])[Cl]. The fraction of sp³-hybridized carbons (Fsp3) is 0.387. The molecule has 2 aromatic carbocycles. The average Bonchev–Trinajstić information content (AvgIpc) is 2.82. The van der Waals surface area contributed by atoms with Gasteiger partial charge in [0.05, 0.1) is 11.4 Å². The van der Waals surface area contributed by atoms with Gasteiger partial charge in [-0.1, -0.05) is 84.0 Å². The fourth-order valence-electron chi connectivity index (χ4n) is 4.27. The van der Waals surface area contributed by atoms with Gasteiger partial charge in [0.25, 0.3) is 0 Å². The second kappa shape index (κ2) is 14.6.